The Morgan fingerprint density at radius 2 is 2.42 bits per heavy atom. The van der Waals surface area contributed by atoms with Crippen LogP contribution in [0.4, 0.5) is 5.69 Å². The third-order valence-electron chi connectivity index (χ3n) is 1.35. The Labute approximate surface area is 68.7 Å². The topological polar surface area (TPSA) is 81.0 Å². The number of rotatable bonds is 3. The summed E-state index contributed by atoms with van der Waals surface area (Å²) in [6, 6.07) is 0. The summed E-state index contributed by atoms with van der Waals surface area (Å²) in [5, 5.41) is 16.6. The SMILES string of the molecule is CCOc1n[nH]c(C)c1[N+](=O)[O-]. The van der Waals surface area contributed by atoms with Gasteiger partial charge in [0.15, 0.2) is 0 Å². The van der Waals surface area contributed by atoms with E-state index in [1.54, 1.807) is 13.8 Å². The van der Waals surface area contributed by atoms with Crippen molar-refractivity contribution in [2.24, 2.45) is 0 Å². The molecular weight excluding hydrogens is 162 g/mol. The van der Waals surface area contributed by atoms with Crippen LogP contribution < -0.4 is 4.74 Å². The van der Waals surface area contributed by atoms with Gasteiger partial charge in [-0.1, -0.05) is 0 Å². The molecule has 0 saturated heterocycles. The standard InChI is InChI=1S/C6H9N3O3/c1-3-12-6-5(9(10)11)4(2)7-8-6/h3H2,1-2H3,(H,7,8). The van der Waals surface area contributed by atoms with E-state index in [1.807, 2.05) is 0 Å². The molecule has 0 saturated carbocycles. The average molecular weight is 171 g/mol. The number of aromatic nitrogens is 2. The predicted molar refractivity (Wildman–Crippen MR) is 41.1 cm³/mol. The monoisotopic (exact) mass is 171 g/mol. The highest BCUT2D eigenvalue weighted by Gasteiger charge is 2.22. The summed E-state index contributed by atoms with van der Waals surface area (Å²) in [5.74, 6) is 0.0556. The molecule has 1 heterocycles. The van der Waals surface area contributed by atoms with Crippen molar-refractivity contribution >= 4 is 5.69 Å². The Hall–Kier alpha value is -1.59. The zero-order chi connectivity index (χ0) is 9.14. The van der Waals surface area contributed by atoms with Crippen LogP contribution in [0.2, 0.25) is 0 Å². The molecule has 1 aromatic rings. The normalized spacial score (nSPS) is 9.83. The molecule has 0 aliphatic rings. The van der Waals surface area contributed by atoms with Crippen LogP contribution in [-0.4, -0.2) is 21.7 Å². The van der Waals surface area contributed by atoms with Crippen LogP contribution in [0.3, 0.4) is 0 Å². The number of nitro groups is 1. The van der Waals surface area contributed by atoms with E-state index < -0.39 is 4.92 Å². The second-order valence-corrected chi connectivity index (χ2v) is 2.19. The van der Waals surface area contributed by atoms with Crippen molar-refractivity contribution in [3.63, 3.8) is 0 Å². The highest BCUT2D eigenvalue weighted by molar-refractivity contribution is 5.44. The van der Waals surface area contributed by atoms with Crippen LogP contribution in [0.1, 0.15) is 12.6 Å². The van der Waals surface area contributed by atoms with Gasteiger partial charge in [0, 0.05) is 0 Å². The maximum Gasteiger partial charge on any atom is 0.352 e. The van der Waals surface area contributed by atoms with Gasteiger partial charge < -0.3 is 4.74 Å². The molecule has 0 bridgehead atoms. The summed E-state index contributed by atoms with van der Waals surface area (Å²) in [4.78, 5) is 9.93. The van der Waals surface area contributed by atoms with E-state index in [1.165, 1.54) is 0 Å². The summed E-state index contributed by atoms with van der Waals surface area (Å²) >= 11 is 0. The molecule has 1 rings (SSSR count). The molecule has 0 aliphatic carbocycles. The third-order valence-corrected chi connectivity index (χ3v) is 1.35. The average Bonchev–Trinajstić information content (AvgIpc) is 2.32. The molecule has 6 heteroatoms. The molecule has 0 aliphatic heterocycles. The highest BCUT2D eigenvalue weighted by Crippen LogP contribution is 2.26. The van der Waals surface area contributed by atoms with E-state index in [0.717, 1.165) is 0 Å². The second-order valence-electron chi connectivity index (χ2n) is 2.19. The molecule has 0 aromatic carbocycles. The van der Waals surface area contributed by atoms with Gasteiger partial charge in [-0.2, -0.15) is 0 Å². The van der Waals surface area contributed by atoms with Crippen molar-refractivity contribution in [3.05, 3.63) is 15.8 Å². The molecule has 1 N–H and O–H groups in total. The zero-order valence-electron chi connectivity index (χ0n) is 6.83. The maximum atomic E-state index is 10.4. The van der Waals surface area contributed by atoms with Gasteiger partial charge in [0.05, 0.1) is 11.5 Å². The fourth-order valence-corrected chi connectivity index (χ4v) is 0.853. The molecular formula is C6H9N3O3. The minimum Gasteiger partial charge on any atom is -0.472 e. The number of aromatic amines is 1. The minimum absolute atomic E-state index is 0.0556. The van der Waals surface area contributed by atoms with E-state index in [4.69, 9.17) is 4.74 Å². The van der Waals surface area contributed by atoms with Gasteiger partial charge in [0.25, 0.3) is 0 Å². The van der Waals surface area contributed by atoms with Crippen LogP contribution >= 0.6 is 0 Å². The zero-order valence-corrected chi connectivity index (χ0v) is 6.83. The number of aryl methyl sites for hydroxylation is 1. The lowest BCUT2D eigenvalue weighted by Gasteiger charge is -1.95. The smallest absolute Gasteiger partial charge is 0.352 e. The van der Waals surface area contributed by atoms with E-state index in [2.05, 4.69) is 10.2 Å². The summed E-state index contributed by atoms with van der Waals surface area (Å²) in [6.07, 6.45) is 0. The Balaban J connectivity index is 3.04. The Kier molecular flexibility index (Phi) is 2.27. The largest absolute Gasteiger partial charge is 0.472 e. The molecule has 0 atom stereocenters. The Morgan fingerprint density at radius 3 is 2.92 bits per heavy atom. The van der Waals surface area contributed by atoms with Crippen molar-refractivity contribution in [1.82, 2.24) is 10.2 Å². The van der Waals surface area contributed by atoms with E-state index >= 15 is 0 Å². The number of hydrogen-bond donors (Lipinski definition) is 1. The molecule has 12 heavy (non-hydrogen) atoms. The lowest BCUT2D eigenvalue weighted by atomic mass is 10.4. The summed E-state index contributed by atoms with van der Waals surface area (Å²) in [5.41, 5.74) is 0.320. The summed E-state index contributed by atoms with van der Waals surface area (Å²) in [7, 11) is 0. The van der Waals surface area contributed by atoms with Crippen LogP contribution in [0.25, 0.3) is 0 Å². The number of hydrogen-bond acceptors (Lipinski definition) is 4. The quantitative estimate of drug-likeness (QED) is 0.543. The van der Waals surface area contributed by atoms with E-state index in [9.17, 15) is 10.1 Å². The van der Waals surface area contributed by atoms with Crippen LogP contribution in [0, 0.1) is 17.0 Å². The van der Waals surface area contributed by atoms with Gasteiger partial charge in [-0.25, -0.2) is 0 Å². The number of H-pyrrole nitrogens is 1. The predicted octanol–water partition coefficient (Wildman–Crippen LogP) is 1.03. The first kappa shape index (κ1) is 8.51. The molecule has 0 unspecified atom stereocenters. The van der Waals surface area contributed by atoms with Crippen molar-refractivity contribution in [3.8, 4) is 5.88 Å². The van der Waals surface area contributed by atoms with E-state index in [0.29, 0.717) is 12.3 Å². The van der Waals surface area contributed by atoms with Gasteiger partial charge in [0.2, 0.25) is 0 Å². The first-order valence-corrected chi connectivity index (χ1v) is 3.49. The van der Waals surface area contributed by atoms with Gasteiger partial charge in [-0.05, 0) is 13.8 Å². The fraction of sp³-hybridized carbons (Fsp3) is 0.500. The second kappa shape index (κ2) is 3.21. The minimum atomic E-state index is -0.510. The first-order chi connectivity index (χ1) is 5.66. The molecule has 0 amide bonds. The first-order valence-electron chi connectivity index (χ1n) is 3.49. The molecule has 0 radical (unpaired) electrons. The van der Waals surface area contributed by atoms with Gasteiger partial charge >= 0.3 is 11.6 Å². The number of ether oxygens (including phenoxy) is 1. The Bertz CT molecular complexity index is 294. The van der Waals surface area contributed by atoms with Crippen molar-refractivity contribution < 1.29 is 9.66 Å². The Morgan fingerprint density at radius 1 is 1.75 bits per heavy atom. The molecule has 1 aromatic heterocycles. The molecule has 66 valence electrons. The van der Waals surface area contributed by atoms with Crippen molar-refractivity contribution in [2.45, 2.75) is 13.8 Å². The van der Waals surface area contributed by atoms with Gasteiger partial charge in [0.1, 0.15) is 5.69 Å². The van der Waals surface area contributed by atoms with Crippen LogP contribution in [-0.2, 0) is 0 Å². The molecule has 0 spiro atoms. The summed E-state index contributed by atoms with van der Waals surface area (Å²) in [6.45, 7) is 3.69. The van der Waals surface area contributed by atoms with Gasteiger partial charge in [-0.3, -0.25) is 15.2 Å². The fourth-order valence-electron chi connectivity index (χ4n) is 0.853. The highest BCUT2D eigenvalue weighted by atomic mass is 16.6. The summed E-state index contributed by atoms with van der Waals surface area (Å²) < 4.78 is 4.94. The molecule has 6 nitrogen and oxygen atoms in total. The van der Waals surface area contributed by atoms with Gasteiger partial charge in [-0.15, -0.1) is 5.10 Å². The maximum absolute atomic E-state index is 10.4. The van der Waals surface area contributed by atoms with Crippen LogP contribution in [0.5, 0.6) is 5.88 Å². The number of nitrogens with one attached hydrogen (secondary N) is 1. The van der Waals surface area contributed by atoms with Crippen molar-refractivity contribution in [1.29, 1.82) is 0 Å². The number of nitrogens with zero attached hydrogens (tertiary/aromatic N) is 2. The molecule has 0 fully saturated rings. The van der Waals surface area contributed by atoms with Crippen molar-refractivity contribution in [2.75, 3.05) is 6.61 Å². The third kappa shape index (κ3) is 1.36. The van der Waals surface area contributed by atoms with Crippen LogP contribution in [0.15, 0.2) is 0 Å². The lowest BCUT2D eigenvalue weighted by molar-refractivity contribution is -0.386. The lowest BCUT2D eigenvalue weighted by Crippen LogP contribution is -1.96. The van der Waals surface area contributed by atoms with E-state index in [-0.39, 0.29) is 11.6 Å².